The monoisotopic (exact) mass is 408 g/mol. The molecule has 1 aliphatic rings. The van der Waals surface area contributed by atoms with E-state index in [1.165, 1.54) is 5.56 Å². The van der Waals surface area contributed by atoms with E-state index in [9.17, 15) is 4.79 Å². The molecule has 0 fully saturated rings. The first-order valence-corrected chi connectivity index (χ1v) is 10.5. The standard InChI is InChI=1S/C23H24N2O3S/c1-14-9-18-12-17(6-7-20(18)25(14)15(2)26)19-13-29-23(24-19)11-16-5-8-21(27-3)22(10-16)28-4/h5-8,10,12-14H,9,11H2,1-4H3. The van der Waals surface area contributed by atoms with Gasteiger partial charge in [-0.05, 0) is 48.7 Å². The van der Waals surface area contributed by atoms with Gasteiger partial charge in [-0.25, -0.2) is 4.98 Å². The van der Waals surface area contributed by atoms with Crippen LogP contribution in [0.4, 0.5) is 5.69 Å². The van der Waals surface area contributed by atoms with Gasteiger partial charge in [0.15, 0.2) is 11.5 Å². The van der Waals surface area contributed by atoms with E-state index in [2.05, 4.69) is 24.4 Å². The second-order valence-electron chi connectivity index (χ2n) is 7.28. The summed E-state index contributed by atoms with van der Waals surface area (Å²) in [6.07, 6.45) is 1.62. The minimum atomic E-state index is 0.0925. The van der Waals surface area contributed by atoms with Crippen LogP contribution >= 0.6 is 11.3 Å². The number of carbonyl (C=O) groups excluding carboxylic acids is 1. The Morgan fingerprint density at radius 3 is 2.69 bits per heavy atom. The lowest BCUT2D eigenvalue weighted by Crippen LogP contribution is -2.33. The number of amides is 1. The molecule has 2 heterocycles. The zero-order chi connectivity index (χ0) is 20.5. The lowest BCUT2D eigenvalue weighted by Gasteiger charge is -2.20. The van der Waals surface area contributed by atoms with Gasteiger partial charge in [-0.2, -0.15) is 0 Å². The molecule has 150 valence electrons. The van der Waals surface area contributed by atoms with Crippen molar-refractivity contribution in [2.24, 2.45) is 0 Å². The molecule has 5 nitrogen and oxygen atoms in total. The number of hydrogen-bond acceptors (Lipinski definition) is 5. The summed E-state index contributed by atoms with van der Waals surface area (Å²) in [5.41, 5.74) is 5.43. The molecule has 1 atom stereocenters. The van der Waals surface area contributed by atoms with Crippen molar-refractivity contribution in [3.8, 4) is 22.8 Å². The Morgan fingerprint density at radius 2 is 1.97 bits per heavy atom. The Bertz CT molecular complexity index is 1060. The average Bonchev–Trinajstić information content (AvgIpc) is 3.30. The van der Waals surface area contributed by atoms with E-state index in [0.29, 0.717) is 0 Å². The lowest BCUT2D eigenvalue weighted by atomic mass is 10.1. The quantitative estimate of drug-likeness (QED) is 0.613. The summed E-state index contributed by atoms with van der Waals surface area (Å²) >= 11 is 1.65. The summed E-state index contributed by atoms with van der Waals surface area (Å²) < 4.78 is 10.7. The minimum Gasteiger partial charge on any atom is -0.493 e. The van der Waals surface area contributed by atoms with Crippen LogP contribution < -0.4 is 14.4 Å². The van der Waals surface area contributed by atoms with Gasteiger partial charge in [0.2, 0.25) is 5.91 Å². The molecule has 3 aromatic rings. The molecule has 1 aromatic heterocycles. The Labute approximate surface area is 174 Å². The highest BCUT2D eigenvalue weighted by atomic mass is 32.1. The van der Waals surface area contributed by atoms with Gasteiger partial charge >= 0.3 is 0 Å². The highest BCUT2D eigenvalue weighted by molar-refractivity contribution is 7.10. The summed E-state index contributed by atoms with van der Waals surface area (Å²) in [5.74, 6) is 1.54. The molecule has 0 saturated carbocycles. The molecule has 6 heteroatoms. The molecular formula is C23H24N2O3S. The van der Waals surface area contributed by atoms with E-state index >= 15 is 0 Å². The van der Waals surface area contributed by atoms with Gasteiger partial charge in [-0.15, -0.1) is 11.3 Å². The number of rotatable bonds is 5. The van der Waals surface area contributed by atoms with Crippen LogP contribution in [0.1, 0.15) is 30.0 Å². The number of nitrogens with zero attached hydrogens (tertiary/aromatic N) is 2. The summed E-state index contributed by atoms with van der Waals surface area (Å²) in [4.78, 5) is 18.7. The number of methoxy groups -OCH3 is 2. The highest BCUT2D eigenvalue weighted by Gasteiger charge is 2.29. The van der Waals surface area contributed by atoms with Gasteiger partial charge in [0, 0.05) is 36.0 Å². The van der Waals surface area contributed by atoms with Crippen molar-refractivity contribution >= 4 is 22.9 Å². The third kappa shape index (κ3) is 3.72. The van der Waals surface area contributed by atoms with E-state index < -0.39 is 0 Å². The van der Waals surface area contributed by atoms with Crippen molar-refractivity contribution in [1.82, 2.24) is 4.98 Å². The normalized spacial score (nSPS) is 15.3. The third-order valence-corrected chi connectivity index (χ3v) is 6.13. The molecule has 1 amide bonds. The topological polar surface area (TPSA) is 51.7 Å². The maximum absolute atomic E-state index is 11.9. The zero-order valence-electron chi connectivity index (χ0n) is 17.1. The summed E-state index contributed by atoms with van der Waals surface area (Å²) in [6.45, 7) is 3.71. The molecule has 1 unspecified atom stereocenters. The Kier molecular flexibility index (Phi) is 5.28. The van der Waals surface area contributed by atoms with E-state index in [0.717, 1.165) is 51.9 Å². The summed E-state index contributed by atoms with van der Waals surface area (Å²) in [7, 11) is 3.28. The average molecular weight is 409 g/mol. The number of fused-ring (bicyclic) bond motifs is 1. The number of ether oxygens (including phenoxy) is 2. The maximum atomic E-state index is 11.9. The number of carbonyl (C=O) groups is 1. The fourth-order valence-electron chi connectivity index (χ4n) is 3.96. The fourth-order valence-corrected chi connectivity index (χ4v) is 4.80. The van der Waals surface area contributed by atoms with Crippen LogP contribution in [0.3, 0.4) is 0 Å². The van der Waals surface area contributed by atoms with Crippen molar-refractivity contribution in [1.29, 1.82) is 0 Å². The predicted octanol–water partition coefficient (Wildman–Crippen LogP) is 4.72. The van der Waals surface area contributed by atoms with Gasteiger partial charge in [0.05, 0.1) is 24.9 Å². The van der Waals surface area contributed by atoms with Crippen molar-refractivity contribution in [2.45, 2.75) is 32.7 Å². The number of benzene rings is 2. The van der Waals surface area contributed by atoms with Crippen molar-refractivity contribution in [3.05, 3.63) is 57.9 Å². The highest BCUT2D eigenvalue weighted by Crippen LogP contribution is 2.36. The van der Waals surface area contributed by atoms with Crippen LogP contribution in [-0.4, -0.2) is 31.2 Å². The first-order chi connectivity index (χ1) is 14.0. The Hall–Kier alpha value is -2.86. The van der Waals surface area contributed by atoms with Crippen LogP contribution in [0.15, 0.2) is 41.8 Å². The van der Waals surface area contributed by atoms with Crippen molar-refractivity contribution < 1.29 is 14.3 Å². The molecule has 0 radical (unpaired) electrons. The minimum absolute atomic E-state index is 0.0925. The molecule has 0 aliphatic carbocycles. The largest absolute Gasteiger partial charge is 0.493 e. The van der Waals surface area contributed by atoms with Crippen molar-refractivity contribution in [2.75, 3.05) is 19.1 Å². The number of anilines is 1. The SMILES string of the molecule is COc1ccc(Cc2nc(-c3ccc4c(c3)CC(C)N4C(C)=O)cs2)cc1OC. The molecule has 0 bridgehead atoms. The molecule has 29 heavy (non-hydrogen) atoms. The molecule has 1 aliphatic heterocycles. The van der Waals surface area contributed by atoms with Gasteiger partial charge < -0.3 is 14.4 Å². The van der Waals surface area contributed by atoms with Crippen molar-refractivity contribution in [3.63, 3.8) is 0 Å². The smallest absolute Gasteiger partial charge is 0.224 e. The van der Waals surface area contributed by atoms with Crippen LogP contribution in [0.5, 0.6) is 11.5 Å². The maximum Gasteiger partial charge on any atom is 0.224 e. The van der Waals surface area contributed by atoms with Crippen LogP contribution in [0, 0.1) is 0 Å². The van der Waals surface area contributed by atoms with Crippen LogP contribution in [0.25, 0.3) is 11.3 Å². The lowest BCUT2D eigenvalue weighted by molar-refractivity contribution is -0.116. The molecular weight excluding hydrogens is 384 g/mol. The predicted molar refractivity (Wildman–Crippen MR) is 116 cm³/mol. The first kappa shape index (κ1) is 19.5. The molecule has 0 N–H and O–H groups in total. The van der Waals surface area contributed by atoms with Gasteiger partial charge in [0.25, 0.3) is 0 Å². The molecule has 0 spiro atoms. The Balaban J connectivity index is 1.56. The Morgan fingerprint density at radius 1 is 1.17 bits per heavy atom. The summed E-state index contributed by atoms with van der Waals surface area (Å²) in [6, 6.07) is 12.4. The third-order valence-electron chi connectivity index (χ3n) is 5.29. The van der Waals surface area contributed by atoms with Gasteiger partial charge in [0.1, 0.15) is 0 Å². The van der Waals surface area contributed by atoms with E-state index in [1.807, 2.05) is 29.2 Å². The molecule has 2 aromatic carbocycles. The zero-order valence-corrected chi connectivity index (χ0v) is 17.9. The second-order valence-corrected chi connectivity index (χ2v) is 8.22. The molecule has 0 saturated heterocycles. The summed E-state index contributed by atoms with van der Waals surface area (Å²) in [5, 5.41) is 3.14. The van der Waals surface area contributed by atoms with E-state index in [4.69, 9.17) is 14.5 Å². The number of thiazole rings is 1. The van der Waals surface area contributed by atoms with Crippen LogP contribution in [0.2, 0.25) is 0 Å². The van der Waals surface area contributed by atoms with Gasteiger partial charge in [-0.1, -0.05) is 12.1 Å². The number of hydrogen-bond donors (Lipinski definition) is 0. The fraction of sp³-hybridized carbons (Fsp3) is 0.304. The van der Waals surface area contributed by atoms with Crippen LogP contribution in [-0.2, 0) is 17.6 Å². The second kappa shape index (κ2) is 7.87. The van der Waals surface area contributed by atoms with E-state index in [-0.39, 0.29) is 11.9 Å². The number of aromatic nitrogens is 1. The first-order valence-electron chi connectivity index (χ1n) is 9.58. The van der Waals surface area contributed by atoms with E-state index in [1.54, 1.807) is 32.5 Å². The van der Waals surface area contributed by atoms with Gasteiger partial charge in [-0.3, -0.25) is 4.79 Å². The molecule has 4 rings (SSSR count).